The molecule has 1 nitrogen and oxygen atoms in total. The summed E-state index contributed by atoms with van der Waals surface area (Å²) in [5, 5.41) is 0. The van der Waals surface area contributed by atoms with Crippen molar-refractivity contribution in [2.45, 2.75) is 12.8 Å². The highest BCUT2D eigenvalue weighted by atomic mass is 128. The third kappa shape index (κ3) is 4.31. The smallest absolute Gasteiger partial charge is 0 e. The molecule has 1 rings (SSSR count). The normalized spacial score (nSPS) is 19.9. The lowest BCUT2D eigenvalue weighted by atomic mass is 10.4. The first-order chi connectivity index (χ1) is 3.89. The third-order valence-electron chi connectivity index (χ3n) is 1.33. The second-order valence-electron chi connectivity index (χ2n) is 2.01. The Morgan fingerprint density at radius 2 is 1.50 bits per heavy atom. The Morgan fingerprint density at radius 1 is 1.12 bits per heavy atom. The second kappa shape index (κ2) is 6.54. The molecule has 0 saturated carbocycles. The maximum Gasteiger partial charge on any atom is 0 e. The number of likely N-dealkylation sites (tertiary alicyclic amines) is 1. The summed E-state index contributed by atoms with van der Waals surface area (Å²) in [6, 6.07) is 0. The summed E-state index contributed by atoms with van der Waals surface area (Å²) < 4.78 is 0. The monoisotopic (exact) mass is 339 g/mol. The summed E-state index contributed by atoms with van der Waals surface area (Å²) in [6.07, 6.45) is 2.83. The van der Waals surface area contributed by atoms with E-state index in [-0.39, 0.29) is 0 Å². The second-order valence-corrected chi connectivity index (χ2v) is 2.01. The molecule has 1 saturated heterocycles. The van der Waals surface area contributed by atoms with Gasteiger partial charge in [0.25, 0.3) is 0 Å². The van der Waals surface area contributed by atoms with Crippen molar-refractivity contribution in [2.75, 3.05) is 20.1 Å². The van der Waals surface area contributed by atoms with E-state index in [1.165, 1.54) is 25.9 Å². The average Bonchev–Trinajstić information content (AvgIpc) is 2.24. The van der Waals surface area contributed by atoms with Crippen molar-refractivity contribution in [2.24, 2.45) is 0 Å². The zero-order valence-corrected chi connectivity index (χ0v) is 9.35. The van der Waals surface area contributed by atoms with Crippen LogP contribution in [-0.2, 0) is 0 Å². The van der Waals surface area contributed by atoms with Crippen molar-refractivity contribution in [1.82, 2.24) is 4.90 Å². The molecule has 0 radical (unpaired) electrons. The third-order valence-corrected chi connectivity index (χ3v) is 1.33. The summed E-state index contributed by atoms with van der Waals surface area (Å²) in [5.41, 5.74) is 0. The van der Waals surface area contributed by atoms with Crippen LogP contribution >= 0.6 is 37.2 Å². The van der Waals surface area contributed by atoms with E-state index in [0.717, 1.165) is 0 Å². The Hall–Kier alpha value is 1.42. The van der Waals surface area contributed by atoms with Gasteiger partial charge in [0.2, 0.25) is 0 Å². The van der Waals surface area contributed by atoms with Gasteiger partial charge in [-0.1, -0.05) is 0 Å². The number of hydrogen-bond acceptors (Lipinski definition) is 1. The summed E-state index contributed by atoms with van der Waals surface area (Å²) >= 11 is 4.24. The first kappa shape index (κ1) is 9.42. The zero-order chi connectivity index (χ0) is 6.41. The van der Waals surface area contributed by atoms with Crippen molar-refractivity contribution in [3.63, 3.8) is 0 Å². The molecule has 0 aliphatic carbocycles. The molecule has 0 bridgehead atoms. The molecule has 0 unspecified atom stereocenters. The highest BCUT2D eigenvalue weighted by molar-refractivity contribution is 15.0. The molecular formula is C5H11I2N. The fourth-order valence-electron chi connectivity index (χ4n) is 0.875. The quantitative estimate of drug-likeness (QED) is 0.613. The zero-order valence-electron chi connectivity index (χ0n) is 5.03. The Bertz CT molecular complexity index is 43.7. The van der Waals surface area contributed by atoms with Crippen molar-refractivity contribution in [1.29, 1.82) is 0 Å². The number of hydrogen-bond donors (Lipinski definition) is 0. The van der Waals surface area contributed by atoms with Gasteiger partial charge in [-0.2, -0.15) is 0 Å². The molecule has 1 aliphatic rings. The molecule has 0 amide bonds. The SMILES string of the molecule is CN1CCCC1.II. The summed E-state index contributed by atoms with van der Waals surface area (Å²) in [7, 11) is 2.17. The van der Waals surface area contributed by atoms with Crippen LogP contribution in [0.5, 0.6) is 0 Å². The van der Waals surface area contributed by atoms with Crippen LogP contribution in [0.15, 0.2) is 0 Å². The molecule has 0 aromatic carbocycles. The van der Waals surface area contributed by atoms with Gasteiger partial charge in [-0.3, -0.25) is 0 Å². The van der Waals surface area contributed by atoms with E-state index in [2.05, 4.69) is 49.2 Å². The average molecular weight is 339 g/mol. The van der Waals surface area contributed by atoms with E-state index in [4.69, 9.17) is 0 Å². The van der Waals surface area contributed by atoms with E-state index < -0.39 is 0 Å². The van der Waals surface area contributed by atoms with Gasteiger partial charge in [0, 0.05) is 37.2 Å². The minimum Gasteiger partial charge on any atom is -0.306 e. The maximum absolute atomic E-state index is 2.36. The van der Waals surface area contributed by atoms with E-state index in [1.54, 1.807) is 0 Å². The standard InChI is InChI=1S/C5H11N.I2/c1-6-4-2-3-5-6;1-2/h2-5H2,1H3;. The van der Waals surface area contributed by atoms with Crippen LogP contribution in [-0.4, -0.2) is 25.0 Å². The van der Waals surface area contributed by atoms with Crippen molar-refractivity contribution < 1.29 is 0 Å². The van der Waals surface area contributed by atoms with Crippen LogP contribution in [0.2, 0.25) is 0 Å². The summed E-state index contributed by atoms with van der Waals surface area (Å²) in [4.78, 5) is 2.36. The lowest BCUT2D eigenvalue weighted by molar-refractivity contribution is 0.418. The van der Waals surface area contributed by atoms with Crippen molar-refractivity contribution in [3.05, 3.63) is 0 Å². The number of halogens is 2. The van der Waals surface area contributed by atoms with Crippen LogP contribution in [0.1, 0.15) is 12.8 Å². The van der Waals surface area contributed by atoms with Crippen LogP contribution < -0.4 is 0 Å². The lowest BCUT2D eigenvalue weighted by Crippen LogP contribution is -2.10. The lowest BCUT2D eigenvalue weighted by Gasteiger charge is -2.01. The van der Waals surface area contributed by atoms with Gasteiger partial charge in [0.15, 0.2) is 0 Å². The van der Waals surface area contributed by atoms with Gasteiger partial charge >= 0.3 is 0 Å². The van der Waals surface area contributed by atoms with E-state index in [0.29, 0.717) is 0 Å². The Balaban J connectivity index is 0.000000222. The minimum atomic E-state index is 1.32. The molecule has 0 atom stereocenters. The predicted molar refractivity (Wildman–Crippen MR) is 54.8 cm³/mol. The van der Waals surface area contributed by atoms with Gasteiger partial charge < -0.3 is 4.90 Å². The topological polar surface area (TPSA) is 3.24 Å². The van der Waals surface area contributed by atoms with Crippen LogP contribution in [0.4, 0.5) is 0 Å². The van der Waals surface area contributed by atoms with Gasteiger partial charge in [0.05, 0.1) is 0 Å². The molecule has 1 heterocycles. The molecule has 0 N–H and O–H groups in total. The van der Waals surface area contributed by atoms with E-state index >= 15 is 0 Å². The highest BCUT2D eigenvalue weighted by Gasteiger charge is 2.03. The van der Waals surface area contributed by atoms with Gasteiger partial charge in [-0.05, 0) is 33.0 Å². The molecule has 3 heteroatoms. The molecule has 8 heavy (non-hydrogen) atoms. The van der Waals surface area contributed by atoms with Crippen LogP contribution in [0, 0.1) is 0 Å². The number of nitrogens with zero attached hydrogens (tertiary/aromatic N) is 1. The van der Waals surface area contributed by atoms with Crippen molar-refractivity contribution in [3.8, 4) is 0 Å². The maximum atomic E-state index is 2.36. The fourth-order valence-corrected chi connectivity index (χ4v) is 0.875. The van der Waals surface area contributed by atoms with E-state index in [9.17, 15) is 0 Å². The number of rotatable bonds is 0. The molecule has 0 aromatic heterocycles. The summed E-state index contributed by atoms with van der Waals surface area (Å²) in [5.74, 6) is 0. The largest absolute Gasteiger partial charge is 0.306 e. The molecule has 0 aromatic rings. The predicted octanol–water partition coefficient (Wildman–Crippen LogP) is 2.48. The Labute approximate surface area is 74.5 Å². The van der Waals surface area contributed by atoms with Crippen LogP contribution in [0.25, 0.3) is 0 Å². The van der Waals surface area contributed by atoms with Crippen LogP contribution in [0.3, 0.4) is 0 Å². The fraction of sp³-hybridized carbons (Fsp3) is 1.00. The van der Waals surface area contributed by atoms with Crippen molar-refractivity contribution >= 4 is 37.2 Å². The molecule has 1 aliphatic heterocycles. The molecule has 1 fully saturated rings. The summed E-state index contributed by atoms with van der Waals surface area (Å²) in [6.45, 7) is 2.64. The minimum absolute atomic E-state index is 1.32. The molecule has 50 valence electrons. The van der Waals surface area contributed by atoms with Gasteiger partial charge in [-0.15, -0.1) is 0 Å². The Kier molecular flexibility index (Phi) is 7.70. The van der Waals surface area contributed by atoms with Gasteiger partial charge in [0.1, 0.15) is 0 Å². The highest BCUT2D eigenvalue weighted by Crippen LogP contribution is 2.01. The van der Waals surface area contributed by atoms with E-state index in [1.807, 2.05) is 0 Å². The first-order valence-corrected chi connectivity index (χ1v) is 9.01. The molecule has 0 spiro atoms. The van der Waals surface area contributed by atoms with Gasteiger partial charge in [-0.25, -0.2) is 0 Å². The first-order valence-electron chi connectivity index (χ1n) is 2.72. The Morgan fingerprint density at radius 3 is 1.62 bits per heavy atom. The molecular weight excluding hydrogens is 328 g/mol.